The lowest BCUT2D eigenvalue weighted by molar-refractivity contribution is 0.0600. The molecule has 31 heavy (non-hydrogen) atoms. The Morgan fingerprint density at radius 2 is 2.00 bits per heavy atom. The van der Waals surface area contributed by atoms with Crippen LogP contribution in [-0.2, 0) is 4.74 Å². The summed E-state index contributed by atoms with van der Waals surface area (Å²) in [4.78, 5) is 19.6. The predicted molar refractivity (Wildman–Crippen MR) is 116 cm³/mol. The van der Waals surface area contributed by atoms with Crippen LogP contribution in [0.25, 0.3) is 28.4 Å². The van der Waals surface area contributed by atoms with Crippen molar-refractivity contribution in [2.45, 2.75) is 13.8 Å². The number of methoxy groups -OCH3 is 1. The number of hydrogen-bond donors (Lipinski definition) is 1. The maximum absolute atomic E-state index is 13.5. The molecule has 2 aromatic carbocycles. The van der Waals surface area contributed by atoms with Gasteiger partial charge in [-0.15, -0.1) is 0 Å². The Labute approximate surface area is 178 Å². The summed E-state index contributed by atoms with van der Waals surface area (Å²) in [5.74, 6) is -0.437. The maximum atomic E-state index is 13.5. The van der Waals surface area contributed by atoms with Gasteiger partial charge in [0.1, 0.15) is 17.7 Å². The van der Waals surface area contributed by atoms with Crippen molar-refractivity contribution in [2.75, 3.05) is 7.11 Å². The van der Waals surface area contributed by atoms with Gasteiger partial charge in [-0.1, -0.05) is 12.1 Å². The number of nitrogens with one attached hydrogen (secondary N) is 1. The third-order valence-corrected chi connectivity index (χ3v) is 5.14. The zero-order valence-corrected chi connectivity index (χ0v) is 17.2. The van der Waals surface area contributed by atoms with Gasteiger partial charge in [0.15, 0.2) is 0 Å². The number of halogens is 1. The normalized spacial score (nSPS) is 11.5. The highest BCUT2D eigenvalue weighted by atomic mass is 19.1. The molecule has 0 saturated heterocycles. The van der Waals surface area contributed by atoms with E-state index in [1.54, 1.807) is 24.3 Å². The second-order valence-electron chi connectivity index (χ2n) is 7.09. The molecule has 2 heterocycles. The number of esters is 1. The molecule has 0 radical (unpaired) electrons. The number of carbonyl (C=O) groups excluding carboxylic acids is 1. The highest BCUT2D eigenvalue weighted by molar-refractivity contribution is 5.94. The van der Waals surface area contributed by atoms with E-state index in [0.29, 0.717) is 33.7 Å². The van der Waals surface area contributed by atoms with Gasteiger partial charge in [-0.25, -0.2) is 14.2 Å². The number of aromatic amines is 1. The average Bonchev–Trinajstić information content (AvgIpc) is 3.30. The van der Waals surface area contributed by atoms with Crippen LogP contribution >= 0.6 is 0 Å². The summed E-state index contributed by atoms with van der Waals surface area (Å²) in [6.45, 7) is 3.84. The van der Waals surface area contributed by atoms with Crippen molar-refractivity contribution in [3.05, 3.63) is 82.7 Å². The fourth-order valence-electron chi connectivity index (χ4n) is 3.67. The van der Waals surface area contributed by atoms with E-state index in [-0.39, 0.29) is 5.82 Å². The Morgan fingerprint density at radius 1 is 1.23 bits per heavy atom. The quantitative estimate of drug-likeness (QED) is 0.378. The molecule has 0 aliphatic rings. The fraction of sp³-hybridized carbons (Fsp3) is 0.125. The highest BCUT2D eigenvalue weighted by Crippen LogP contribution is 2.27. The minimum absolute atomic E-state index is 0.318. The van der Waals surface area contributed by atoms with Crippen molar-refractivity contribution in [2.24, 2.45) is 0 Å². The molecule has 0 saturated carbocycles. The average molecular weight is 414 g/mol. The van der Waals surface area contributed by atoms with Gasteiger partial charge in [0.25, 0.3) is 0 Å². The molecular weight excluding hydrogens is 395 g/mol. The summed E-state index contributed by atoms with van der Waals surface area (Å²) in [6, 6.07) is 15.5. The van der Waals surface area contributed by atoms with Gasteiger partial charge in [-0.3, -0.25) is 0 Å². The first-order chi connectivity index (χ1) is 14.9. The molecule has 2 aromatic heterocycles. The fourth-order valence-corrected chi connectivity index (χ4v) is 3.67. The molecule has 4 aromatic rings. The Balaban J connectivity index is 1.82. The smallest absolute Gasteiger partial charge is 0.339 e. The number of allylic oxidation sites excluding steroid dienone is 1. The largest absolute Gasteiger partial charge is 0.465 e. The van der Waals surface area contributed by atoms with E-state index in [9.17, 15) is 14.4 Å². The molecule has 0 spiro atoms. The van der Waals surface area contributed by atoms with Gasteiger partial charge in [0.05, 0.1) is 35.0 Å². The maximum Gasteiger partial charge on any atom is 0.339 e. The van der Waals surface area contributed by atoms with Crippen LogP contribution in [0, 0.1) is 31.0 Å². The van der Waals surface area contributed by atoms with Crippen LogP contribution in [0.5, 0.6) is 0 Å². The van der Waals surface area contributed by atoms with Gasteiger partial charge in [0, 0.05) is 11.4 Å². The first-order valence-electron chi connectivity index (χ1n) is 9.57. The Hall–Kier alpha value is -4.18. The molecule has 0 aliphatic carbocycles. The predicted octanol–water partition coefficient (Wildman–Crippen LogP) is 4.96. The van der Waals surface area contributed by atoms with Crippen LogP contribution in [0.4, 0.5) is 4.39 Å². The van der Waals surface area contributed by atoms with Crippen LogP contribution in [0.3, 0.4) is 0 Å². The van der Waals surface area contributed by atoms with Crippen molar-refractivity contribution in [3.8, 4) is 11.8 Å². The third kappa shape index (κ3) is 3.60. The molecule has 0 unspecified atom stereocenters. The molecule has 0 aliphatic heterocycles. The van der Waals surface area contributed by atoms with Crippen molar-refractivity contribution >= 4 is 28.7 Å². The van der Waals surface area contributed by atoms with E-state index in [0.717, 1.165) is 17.0 Å². The zero-order chi connectivity index (χ0) is 22.1. The topological polar surface area (TPSA) is 83.7 Å². The standard InChI is InChI=1S/C24H19FN4O2/c1-14-10-16(15(2)29(14)22-7-5-4-6-19(22)24(30)31-3)11-17(13-26)23-27-20-9-8-18(25)12-21(20)28-23/h4-12H,1-3H3,(H,27,28)/b17-11-. The Kier molecular flexibility index (Phi) is 5.14. The van der Waals surface area contributed by atoms with Crippen LogP contribution in [0.2, 0.25) is 0 Å². The van der Waals surface area contributed by atoms with E-state index in [4.69, 9.17) is 4.74 Å². The molecule has 0 bridgehead atoms. The van der Waals surface area contributed by atoms with Crippen molar-refractivity contribution in [1.29, 1.82) is 5.26 Å². The van der Waals surface area contributed by atoms with Gasteiger partial charge >= 0.3 is 5.97 Å². The van der Waals surface area contributed by atoms with E-state index in [1.807, 2.05) is 36.6 Å². The first kappa shape index (κ1) is 20.1. The summed E-state index contributed by atoms with van der Waals surface area (Å²) in [5, 5.41) is 9.73. The lowest BCUT2D eigenvalue weighted by Crippen LogP contribution is -2.09. The van der Waals surface area contributed by atoms with Crippen molar-refractivity contribution < 1.29 is 13.9 Å². The molecular formula is C24H19FN4O2. The number of benzene rings is 2. The third-order valence-electron chi connectivity index (χ3n) is 5.14. The van der Waals surface area contributed by atoms with Crippen molar-refractivity contribution in [1.82, 2.24) is 14.5 Å². The summed E-state index contributed by atoms with van der Waals surface area (Å²) in [6.07, 6.45) is 1.73. The lowest BCUT2D eigenvalue weighted by Gasteiger charge is -2.13. The number of H-pyrrole nitrogens is 1. The first-order valence-corrected chi connectivity index (χ1v) is 9.57. The minimum Gasteiger partial charge on any atom is -0.465 e. The van der Waals surface area contributed by atoms with E-state index in [2.05, 4.69) is 16.0 Å². The molecule has 0 atom stereocenters. The number of imidazole rings is 1. The number of aromatic nitrogens is 3. The molecule has 6 nitrogen and oxygen atoms in total. The molecule has 7 heteroatoms. The highest BCUT2D eigenvalue weighted by Gasteiger charge is 2.18. The van der Waals surface area contributed by atoms with Crippen molar-refractivity contribution in [3.63, 3.8) is 0 Å². The van der Waals surface area contributed by atoms with Gasteiger partial charge in [-0.2, -0.15) is 5.26 Å². The number of nitrogens with zero attached hydrogens (tertiary/aromatic N) is 3. The van der Waals surface area contributed by atoms with E-state index in [1.165, 1.54) is 19.2 Å². The van der Waals surface area contributed by atoms with Gasteiger partial charge in [-0.05, 0) is 61.9 Å². The molecule has 0 amide bonds. The summed E-state index contributed by atoms with van der Waals surface area (Å²) < 4.78 is 20.4. The second-order valence-corrected chi connectivity index (χ2v) is 7.09. The molecule has 4 rings (SSSR count). The summed E-state index contributed by atoms with van der Waals surface area (Å²) in [5.41, 5.74) is 5.11. The number of aryl methyl sites for hydroxylation is 1. The van der Waals surface area contributed by atoms with Crippen LogP contribution in [0.15, 0.2) is 48.5 Å². The minimum atomic E-state index is -0.424. The number of hydrogen-bond acceptors (Lipinski definition) is 4. The van der Waals surface area contributed by atoms with Crippen LogP contribution in [0.1, 0.15) is 33.1 Å². The molecule has 0 fully saturated rings. The monoisotopic (exact) mass is 414 g/mol. The Bertz CT molecular complexity index is 1390. The van der Waals surface area contributed by atoms with Crippen LogP contribution < -0.4 is 0 Å². The Morgan fingerprint density at radius 3 is 2.74 bits per heavy atom. The summed E-state index contributed by atoms with van der Waals surface area (Å²) >= 11 is 0. The SMILES string of the molecule is COC(=O)c1ccccc1-n1c(C)cc(/C=C(/C#N)c2nc3ccc(F)cc3[nH]2)c1C. The zero-order valence-electron chi connectivity index (χ0n) is 17.2. The van der Waals surface area contributed by atoms with E-state index >= 15 is 0 Å². The lowest BCUT2D eigenvalue weighted by atomic mass is 10.1. The molecule has 154 valence electrons. The van der Waals surface area contributed by atoms with Gasteiger partial charge in [0.2, 0.25) is 0 Å². The number of nitriles is 1. The van der Waals surface area contributed by atoms with Gasteiger partial charge < -0.3 is 14.3 Å². The van der Waals surface area contributed by atoms with E-state index < -0.39 is 5.97 Å². The second kappa shape index (κ2) is 7.92. The number of para-hydroxylation sites is 1. The molecule has 1 N–H and O–H groups in total. The number of ether oxygens (including phenoxy) is 1. The number of rotatable bonds is 4. The number of fused-ring (bicyclic) bond motifs is 1. The van der Waals surface area contributed by atoms with Crippen LogP contribution in [-0.4, -0.2) is 27.6 Å². The number of carbonyl (C=O) groups is 1. The summed E-state index contributed by atoms with van der Waals surface area (Å²) in [7, 11) is 1.35.